The van der Waals surface area contributed by atoms with Crippen molar-refractivity contribution in [1.82, 2.24) is 9.38 Å². The maximum Gasteiger partial charge on any atom is 0.182 e. The Labute approximate surface area is 105 Å². The summed E-state index contributed by atoms with van der Waals surface area (Å²) < 4.78 is 2.76. The Bertz CT molecular complexity index is 695. The van der Waals surface area contributed by atoms with Crippen LogP contribution in [0.3, 0.4) is 0 Å². The largest absolute Gasteiger partial charge is 0.333 e. The second-order valence-electron chi connectivity index (χ2n) is 4.03. The minimum Gasteiger partial charge on any atom is -0.333 e. The van der Waals surface area contributed by atoms with E-state index in [2.05, 4.69) is 35.3 Å². The zero-order chi connectivity index (χ0) is 11.7. The molecule has 0 saturated carbocycles. The van der Waals surface area contributed by atoms with Crippen LogP contribution in [-0.4, -0.2) is 9.38 Å². The fraction of sp³-hybridized carbons (Fsp3) is 0.0714. The van der Waals surface area contributed by atoms with Crippen LogP contribution in [0.15, 0.2) is 54.7 Å². The molecule has 0 fully saturated rings. The lowest BCUT2D eigenvalue weighted by Gasteiger charge is -1.99. The van der Waals surface area contributed by atoms with E-state index in [9.17, 15) is 0 Å². The smallest absolute Gasteiger partial charge is 0.182 e. The molecule has 2 heterocycles. The van der Waals surface area contributed by atoms with Crippen LogP contribution in [0.2, 0.25) is 0 Å². The molecule has 0 atom stereocenters. The summed E-state index contributed by atoms with van der Waals surface area (Å²) in [5.41, 5.74) is 3.61. The van der Waals surface area contributed by atoms with Gasteiger partial charge in [-0.3, -0.25) is 4.40 Å². The monoisotopic (exact) mass is 240 g/mol. The first-order chi connectivity index (χ1) is 8.34. The summed E-state index contributed by atoms with van der Waals surface area (Å²) in [6, 6.07) is 16.5. The Balaban J connectivity index is 2.10. The van der Waals surface area contributed by atoms with Crippen LogP contribution in [-0.2, 0) is 6.42 Å². The van der Waals surface area contributed by atoms with Crippen LogP contribution >= 0.6 is 12.2 Å². The summed E-state index contributed by atoms with van der Waals surface area (Å²) in [5, 5.41) is 0. The maximum absolute atomic E-state index is 5.30. The number of nitrogens with zero attached hydrogens (tertiary/aromatic N) is 1. The molecule has 0 saturated heterocycles. The average Bonchev–Trinajstić information content (AvgIpc) is 2.69. The van der Waals surface area contributed by atoms with Crippen molar-refractivity contribution in [1.29, 1.82) is 0 Å². The van der Waals surface area contributed by atoms with E-state index in [1.54, 1.807) is 0 Å². The molecule has 0 aliphatic rings. The Hall–Kier alpha value is -1.87. The van der Waals surface area contributed by atoms with Gasteiger partial charge in [0.25, 0.3) is 0 Å². The Morgan fingerprint density at radius 2 is 1.76 bits per heavy atom. The predicted molar refractivity (Wildman–Crippen MR) is 71.8 cm³/mol. The van der Waals surface area contributed by atoms with Gasteiger partial charge in [0.2, 0.25) is 0 Å². The first-order valence-electron chi connectivity index (χ1n) is 5.57. The van der Waals surface area contributed by atoms with E-state index in [0.717, 1.165) is 16.7 Å². The van der Waals surface area contributed by atoms with Crippen molar-refractivity contribution in [2.45, 2.75) is 6.42 Å². The Kier molecular flexibility index (Phi) is 2.53. The van der Waals surface area contributed by atoms with Gasteiger partial charge in [-0.25, -0.2) is 0 Å². The molecule has 0 aliphatic carbocycles. The van der Waals surface area contributed by atoms with Crippen LogP contribution in [0.4, 0.5) is 0 Å². The molecule has 0 unspecified atom stereocenters. The first-order valence-corrected chi connectivity index (χ1v) is 5.97. The number of H-pyrrole nitrogens is 1. The molecule has 1 aromatic carbocycles. The van der Waals surface area contributed by atoms with E-state index >= 15 is 0 Å². The fourth-order valence-corrected chi connectivity index (χ4v) is 2.34. The molecule has 0 radical (unpaired) electrons. The minimum absolute atomic E-state index is 0.756. The highest BCUT2D eigenvalue weighted by molar-refractivity contribution is 7.71. The minimum atomic E-state index is 0.756. The molecule has 84 valence electrons. The average molecular weight is 240 g/mol. The lowest BCUT2D eigenvalue weighted by atomic mass is 10.1. The van der Waals surface area contributed by atoms with Gasteiger partial charge >= 0.3 is 0 Å². The number of fused-ring (bicyclic) bond motifs is 1. The van der Waals surface area contributed by atoms with Crippen molar-refractivity contribution in [3.8, 4) is 0 Å². The number of nitrogens with one attached hydrogen (secondary N) is 1. The van der Waals surface area contributed by atoms with Crippen molar-refractivity contribution in [2.24, 2.45) is 0 Å². The summed E-state index contributed by atoms with van der Waals surface area (Å²) in [4.78, 5) is 3.28. The van der Waals surface area contributed by atoms with Crippen LogP contribution in [0.25, 0.3) is 5.52 Å². The molecule has 2 aromatic heterocycles. The lowest BCUT2D eigenvalue weighted by Crippen LogP contribution is -1.89. The number of aromatic nitrogens is 2. The van der Waals surface area contributed by atoms with E-state index < -0.39 is 0 Å². The third-order valence-electron chi connectivity index (χ3n) is 2.87. The third kappa shape index (κ3) is 1.89. The third-order valence-corrected chi connectivity index (χ3v) is 3.17. The van der Waals surface area contributed by atoms with Gasteiger partial charge < -0.3 is 4.98 Å². The topological polar surface area (TPSA) is 20.2 Å². The summed E-state index contributed by atoms with van der Waals surface area (Å²) in [5.74, 6) is 0. The number of pyridine rings is 1. The standard InChI is InChI=1S/C14H12N2S/c17-14-15-12(10-11-6-2-1-3-7-11)13-8-4-5-9-16(13)14/h1-9H,10H2,(H,15,17). The van der Waals surface area contributed by atoms with Crippen molar-refractivity contribution in [2.75, 3.05) is 0 Å². The molecule has 0 aliphatic heterocycles. The van der Waals surface area contributed by atoms with Gasteiger partial charge in [-0.15, -0.1) is 0 Å². The van der Waals surface area contributed by atoms with E-state index in [4.69, 9.17) is 12.2 Å². The molecule has 17 heavy (non-hydrogen) atoms. The van der Waals surface area contributed by atoms with Crippen molar-refractivity contribution in [3.05, 3.63) is 70.8 Å². The number of benzene rings is 1. The molecule has 3 aromatic rings. The molecule has 2 nitrogen and oxygen atoms in total. The summed E-state index contributed by atoms with van der Waals surface area (Å²) in [6.07, 6.45) is 2.87. The predicted octanol–water partition coefficient (Wildman–Crippen LogP) is 3.59. The van der Waals surface area contributed by atoms with Crippen molar-refractivity contribution < 1.29 is 0 Å². The summed E-state index contributed by atoms with van der Waals surface area (Å²) in [7, 11) is 0. The normalized spacial score (nSPS) is 10.8. The van der Waals surface area contributed by atoms with E-state index in [1.807, 2.05) is 28.8 Å². The molecular formula is C14H12N2S. The molecule has 0 spiro atoms. The first kappa shape index (κ1) is 10.3. The lowest BCUT2D eigenvalue weighted by molar-refractivity contribution is 1.09. The second kappa shape index (κ2) is 4.18. The number of rotatable bonds is 2. The number of imidazole rings is 1. The highest BCUT2D eigenvalue weighted by Crippen LogP contribution is 2.14. The number of hydrogen-bond donors (Lipinski definition) is 1. The van der Waals surface area contributed by atoms with Gasteiger partial charge in [0.15, 0.2) is 4.77 Å². The SMILES string of the molecule is S=c1[nH]c(Cc2ccccc2)c2ccccn12. The van der Waals surface area contributed by atoms with E-state index in [1.165, 1.54) is 11.3 Å². The Morgan fingerprint density at radius 1 is 1.00 bits per heavy atom. The number of hydrogen-bond acceptors (Lipinski definition) is 1. The van der Waals surface area contributed by atoms with Gasteiger partial charge in [0.05, 0.1) is 5.52 Å². The fourth-order valence-electron chi connectivity index (χ4n) is 2.05. The molecule has 3 rings (SSSR count). The highest BCUT2D eigenvalue weighted by atomic mass is 32.1. The van der Waals surface area contributed by atoms with Crippen molar-refractivity contribution >= 4 is 17.7 Å². The highest BCUT2D eigenvalue weighted by Gasteiger charge is 2.04. The van der Waals surface area contributed by atoms with Gasteiger partial charge in [0, 0.05) is 18.3 Å². The zero-order valence-corrected chi connectivity index (χ0v) is 10.1. The van der Waals surface area contributed by atoms with Crippen molar-refractivity contribution in [3.63, 3.8) is 0 Å². The maximum atomic E-state index is 5.30. The summed E-state index contributed by atoms with van der Waals surface area (Å²) in [6.45, 7) is 0. The second-order valence-corrected chi connectivity index (χ2v) is 4.41. The summed E-state index contributed by atoms with van der Waals surface area (Å²) >= 11 is 5.30. The Morgan fingerprint density at radius 3 is 2.59 bits per heavy atom. The molecule has 3 heteroatoms. The molecule has 0 amide bonds. The molecule has 0 bridgehead atoms. The number of aromatic amines is 1. The van der Waals surface area contributed by atoms with Crippen LogP contribution in [0, 0.1) is 4.77 Å². The van der Waals surface area contributed by atoms with E-state index in [0.29, 0.717) is 0 Å². The molecule has 1 N–H and O–H groups in total. The van der Waals surface area contributed by atoms with Gasteiger partial charge in [0.1, 0.15) is 0 Å². The quantitative estimate of drug-likeness (QED) is 0.679. The van der Waals surface area contributed by atoms with Crippen LogP contribution in [0.1, 0.15) is 11.3 Å². The van der Waals surface area contributed by atoms with Gasteiger partial charge in [-0.05, 0) is 29.9 Å². The van der Waals surface area contributed by atoms with Crippen LogP contribution < -0.4 is 0 Å². The zero-order valence-electron chi connectivity index (χ0n) is 9.26. The van der Waals surface area contributed by atoms with Gasteiger partial charge in [-0.2, -0.15) is 0 Å². The molecular weight excluding hydrogens is 228 g/mol. The van der Waals surface area contributed by atoms with Gasteiger partial charge in [-0.1, -0.05) is 36.4 Å². The van der Waals surface area contributed by atoms with E-state index in [-0.39, 0.29) is 0 Å². The van der Waals surface area contributed by atoms with Crippen LogP contribution in [0.5, 0.6) is 0 Å².